The van der Waals surface area contributed by atoms with Crippen LogP contribution in [0.4, 0.5) is 5.69 Å². The molecular weight excluding hydrogens is 264 g/mol. The van der Waals surface area contributed by atoms with Crippen molar-refractivity contribution in [2.45, 2.75) is 17.6 Å². The third-order valence-electron chi connectivity index (χ3n) is 3.36. The van der Waals surface area contributed by atoms with Crippen LogP contribution in [0.1, 0.15) is 11.1 Å². The smallest absolute Gasteiger partial charge is 0.0763 e. The molecule has 0 spiro atoms. The Morgan fingerprint density at radius 2 is 1.90 bits per heavy atom. The minimum Gasteiger partial charge on any atom is -0.398 e. The van der Waals surface area contributed by atoms with Crippen molar-refractivity contribution in [1.82, 2.24) is 4.98 Å². The van der Waals surface area contributed by atoms with Crippen LogP contribution in [0.2, 0.25) is 0 Å². The van der Waals surface area contributed by atoms with E-state index in [2.05, 4.69) is 42.2 Å². The van der Waals surface area contributed by atoms with E-state index in [4.69, 9.17) is 5.73 Å². The highest BCUT2D eigenvalue weighted by Crippen LogP contribution is 2.30. The summed E-state index contributed by atoms with van der Waals surface area (Å²) < 4.78 is 0. The molecule has 3 rings (SSSR count). The Kier molecular flexibility index (Phi) is 3.61. The molecule has 2 aromatic carbocycles. The summed E-state index contributed by atoms with van der Waals surface area (Å²) in [5.74, 6) is 0.901. The lowest BCUT2D eigenvalue weighted by Crippen LogP contribution is -1.93. The topological polar surface area (TPSA) is 38.9 Å². The molecule has 0 radical (unpaired) electrons. The number of aryl methyl sites for hydroxylation is 1. The fourth-order valence-electron chi connectivity index (χ4n) is 2.24. The van der Waals surface area contributed by atoms with E-state index in [1.807, 2.05) is 36.2 Å². The fraction of sp³-hybridized carbons (Fsp3) is 0.118. The quantitative estimate of drug-likeness (QED) is 0.570. The molecule has 0 aliphatic rings. The number of anilines is 1. The molecule has 1 aromatic heterocycles. The van der Waals surface area contributed by atoms with Gasteiger partial charge in [-0.05, 0) is 42.3 Å². The molecule has 1 heterocycles. The zero-order chi connectivity index (χ0) is 13.9. The molecule has 0 aliphatic heterocycles. The Morgan fingerprint density at radius 3 is 2.75 bits per heavy atom. The molecule has 2 N–H and O–H groups in total. The monoisotopic (exact) mass is 280 g/mol. The van der Waals surface area contributed by atoms with E-state index in [-0.39, 0.29) is 0 Å². The average Bonchev–Trinajstić information content (AvgIpc) is 2.48. The van der Waals surface area contributed by atoms with Crippen molar-refractivity contribution in [3.63, 3.8) is 0 Å². The van der Waals surface area contributed by atoms with Crippen molar-refractivity contribution in [3.8, 4) is 0 Å². The van der Waals surface area contributed by atoms with Gasteiger partial charge in [-0.3, -0.25) is 4.98 Å². The van der Waals surface area contributed by atoms with Crippen LogP contribution in [0.5, 0.6) is 0 Å². The highest BCUT2D eigenvalue weighted by Gasteiger charge is 2.06. The highest BCUT2D eigenvalue weighted by molar-refractivity contribution is 7.98. The van der Waals surface area contributed by atoms with Crippen LogP contribution in [-0.2, 0) is 5.75 Å². The molecule has 0 saturated heterocycles. The van der Waals surface area contributed by atoms with E-state index in [0.717, 1.165) is 22.3 Å². The van der Waals surface area contributed by atoms with Crippen LogP contribution in [-0.4, -0.2) is 4.98 Å². The van der Waals surface area contributed by atoms with Gasteiger partial charge in [0.15, 0.2) is 0 Å². The molecule has 100 valence electrons. The minimum atomic E-state index is 0.790. The van der Waals surface area contributed by atoms with Gasteiger partial charge in [-0.1, -0.05) is 24.3 Å². The van der Waals surface area contributed by atoms with Crippen molar-refractivity contribution < 1.29 is 0 Å². The number of fused-ring (bicyclic) bond motifs is 1. The summed E-state index contributed by atoms with van der Waals surface area (Å²) in [6, 6.07) is 16.5. The predicted molar refractivity (Wildman–Crippen MR) is 86.9 cm³/mol. The molecule has 0 atom stereocenters. The van der Waals surface area contributed by atoms with Crippen molar-refractivity contribution in [2.24, 2.45) is 0 Å². The standard InChI is InChI=1S/C17H16N2S/c1-12-5-2-3-7-16(12)20-11-13-8-9-15(18)14-6-4-10-19-17(13)14/h2-10H,11,18H2,1H3. The fourth-order valence-corrected chi connectivity index (χ4v) is 3.26. The van der Waals surface area contributed by atoms with E-state index in [9.17, 15) is 0 Å². The van der Waals surface area contributed by atoms with Crippen molar-refractivity contribution in [3.05, 3.63) is 65.9 Å². The molecule has 20 heavy (non-hydrogen) atoms. The largest absolute Gasteiger partial charge is 0.398 e. The van der Waals surface area contributed by atoms with E-state index in [0.29, 0.717) is 0 Å². The third kappa shape index (κ3) is 2.49. The lowest BCUT2D eigenvalue weighted by Gasteiger charge is -2.09. The highest BCUT2D eigenvalue weighted by atomic mass is 32.2. The summed E-state index contributed by atoms with van der Waals surface area (Å²) in [7, 11) is 0. The number of rotatable bonds is 3. The molecule has 0 fully saturated rings. The lowest BCUT2D eigenvalue weighted by atomic mass is 10.1. The van der Waals surface area contributed by atoms with Crippen LogP contribution in [0.15, 0.2) is 59.6 Å². The molecule has 3 aromatic rings. The zero-order valence-electron chi connectivity index (χ0n) is 11.3. The van der Waals surface area contributed by atoms with Gasteiger partial charge in [0.1, 0.15) is 0 Å². The normalized spacial score (nSPS) is 10.8. The molecule has 0 aliphatic carbocycles. The van der Waals surface area contributed by atoms with E-state index in [1.54, 1.807) is 0 Å². The second-order valence-electron chi connectivity index (χ2n) is 4.77. The molecule has 0 unspecified atom stereocenters. The minimum absolute atomic E-state index is 0.790. The molecule has 2 nitrogen and oxygen atoms in total. The third-order valence-corrected chi connectivity index (χ3v) is 4.59. The van der Waals surface area contributed by atoms with Gasteiger partial charge >= 0.3 is 0 Å². The Labute approximate surface area is 123 Å². The van der Waals surface area contributed by atoms with Crippen LogP contribution in [0.3, 0.4) is 0 Å². The Bertz CT molecular complexity index is 753. The van der Waals surface area contributed by atoms with Gasteiger partial charge in [0, 0.05) is 27.9 Å². The molecule has 0 bridgehead atoms. The number of aromatic nitrogens is 1. The summed E-state index contributed by atoms with van der Waals surface area (Å²) in [5, 5.41) is 1.04. The second-order valence-corrected chi connectivity index (χ2v) is 5.78. The first-order valence-corrected chi connectivity index (χ1v) is 7.55. The van der Waals surface area contributed by atoms with Gasteiger partial charge in [-0.15, -0.1) is 11.8 Å². The zero-order valence-corrected chi connectivity index (χ0v) is 12.2. The van der Waals surface area contributed by atoms with Gasteiger partial charge in [0.2, 0.25) is 0 Å². The number of nitrogen functional groups attached to an aromatic ring is 1. The first-order chi connectivity index (χ1) is 9.75. The summed E-state index contributed by atoms with van der Waals surface area (Å²) in [4.78, 5) is 5.80. The van der Waals surface area contributed by atoms with Gasteiger partial charge in [0.05, 0.1) is 5.52 Å². The first-order valence-electron chi connectivity index (χ1n) is 6.56. The van der Waals surface area contributed by atoms with Crippen molar-refractivity contribution in [1.29, 1.82) is 0 Å². The first kappa shape index (κ1) is 13.0. The maximum absolute atomic E-state index is 6.01. The maximum Gasteiger partial charge on any atom is 0.0763 e. The summed E-state index contributed by atoms with van der Waals surface area (Å²) >= 11 is 1.84. The van der Waals surface area contributed by atoms with E-state index in [1.165, 1.54) is 16.0 Å². The number of hydrogen-bond donors (Lipinski definition) is 1. The van der Waals surface area contributed by atoms with Crippen molar-refractivity contribution >= 4 is 28.4 Å². The SMILES string of the molecule is Cc1ccccc1SCc1ccc(N)c2cccnc12. The Morgan fingerprint density at radius 1 is 1.05 bits per heavy atom. The van der Waals surface area contributed by atoms with Gasteiger partial charge in [-0.25, -0.2) is 0 Å². The molecular formula is C17H16N2S. The summed E-state index contributed by atoms with van der Waals surface area (Å²) in [5.41, 5.74) is 10.3. The van der Waals surface area contributed by atoms with Crippen LogP contribution >= 0.6 is 11.8 Å². The Hall–Kier alpha value is -2.00. The van der Waals surface area contributed by atoms with E-state index < -0.39 is 0 Å². The lowest BCUT2D eigenvalue weighted by molar-refractivity contribution is 1.29. The molecule has 3 heteroatoms. The number of hydrogen-bond acceptors (Lipinski definition) is 3. The van der Waals surface area contributed by atoms with Gasteiger partial charge < -0.3 is 5.73 Å². The molecule has 0 amide bonds. The van der Waals surface area contributed by atoms with Crippen molar-refractivity contribution in [2.75, 3.05) is 5.73 Å². The second kappa shape index (κ2) is 5.55. The number of thioether (sulfide) groups is 1. The average molecular weight is 280 g/mol. The number of nitrogens with two attached hydrogens (primary N) is 1. The maximum atomic E-state index is 6.01. The number of pyridine rings is 1. The summed E-state index contributed by atoms with van der Waals surface area (Å²) in [6.07, 6.45) is 1.82. The van der Waals surface area contributed by atoms with Crippen LogP contribution in [0.25, 0.3) is 10.9 Å². The number of nitrogens with zero attached hydrogens (tertiary/aromatic N) is 1. The van der Waals surface area contributed by atoms with E-state index >= 15 is 0 Å². The predicted octanol–water partition coefficient (Wildman–Crippen LogP) is 4.42. The molecule has 0 saturated carbocycles. The number of benzene rings is 2. The van der Waals surface area contributed by atoms with Crippen LogP contribution in [0, 0.1) is 6.92 Å². The Balaban J connectivity index is 1.92. The van der Waals surface area contributed by atoms with Gasteiger partial charge in [0.25, 0.3) is 0 Å². The summed E-state index contributed by atoms with van der Waals surface area (Å²) in [6.45, 7) is 2.14. The van der Waals surface area contributed by atoms with Crippen LogP contribution < -0.4 is 5.73 Å². The van der Waals surface area contributed by atoms with Gasteiger partial charge in [-0.2, -0.15) is 0 Å².